The molecule has 33 heavy (non-hydrogen) atoms. The maximum absolute atomic E-state index is 13.1. The molecule has 0 unspecified atom stereocenters. The van der Waals surface area contributed by atoms with Crippen molar-refractivity contribution in [2.75, 3.05) is 24.2 Å². The van der Waals surface area contributed by atoms with Crippen LogP contribution in [0.5, 0.6) is 0 Å². The molecule has 0 aliphatic carbocycles. The number of likely N-dealkylation sites (N-methyl/N-ethyl adjacent to an activating group) is 1. The highest BCUT2D eigenvalue weighted by Gasteiger charge is 2.27. The van der Waals surface area contributed by atoms with Crippen molar-refractivity contribution in [1.29, 1.82) is 0 Å². The maximum Gasteiger partial charge on any atom is 0.242 e. The quantitative estimate of drug-likeness (QED) is 0.519. The average molecular weight is 514 g/mol. The van der Waals surface area contributed by atoms with Gasteiger partial charge in [0, 0.05) is 42.2 Å². The summed E-state index contributed by atoms with van der Waals surface area (Å²) in [7, 11) is -2.04. The van der Waals surface area contributed by atoms with Gasteiger partial charge in [0.1, 0.15) is 6.04 Å². The van der Waals surface area contributed by atoms with Crippen molar-refractivity contribution in [1.82, 2.24) is 10.2 Å². The van der Waals surface area contributed by atoms with Crippen LogP contribution in [0.1, 0.15) is 30.9 Å². The topological polar surface area (TPSA) is 86.8 Å². The molecule has 2 aromatic carbocycles. The van der Waals surface area contributed by atoms with Gasteiger partial charge in [0.05, 0.1) is 11.9 Å². The van der Waals surface area contributed by atoms with Gasteiger partial charge in [-0.05, 0) is 50.1 Å². The number of rotatable bonds is 10. The molecular weight excluding hydrogens is 485 g/mol. The number of carbonyl (C=O) groups is 2. The van der Waals surface area contributed by atoms with Crippen molar-refractivity contribution in [2.45, 2.75) is 39.3 Å². The summed E-state index contributed by atoms with van der Waals surface area (Å²) >= 11 is 12.6. The van der Waals surface area contributed by atoms with Gasteiger partial charge in [-0.3, -0.25) is 13.9 Å². The molecule has 0 bridgehead atoms. The van der Waals surface area contributed by atoms with Crippen molar-refractivity contribution in [3.63, 3.8) is 0 Å². The minimum Gasteiger partial charge on any atom is -0.357 e. The Kier molecular flexibility index (Phi) is 9.57. The van der Waals surface area contributed by atoms with Gasteiger partial charge in [-0.15, -0.1) is 0 Å². The van der Waals surface area contributed by atoms with E-state index in [9.17, 15) is 18.0 Å². The fraction of sp³-hybridized carbons (Fsp3) is 0.391. The second-order valence-electron chi connectivity index (χ2n) is 7.79. The second-order valence-corrected chi connectivity index (χ2v) is 10.5. The van der Waals surface area contributed by atoms with E-state index in [0.717, 1.165) is 11.8 Å². The number of hydrogen-bond acceptors (Lipinski definition) is 4. The summed E-state index contributed by atoms with van der Waals surface area (Å²) in [5.41, 5.74) is 2.02. The summed E-state index contributed by atoms with van der Waals surface area (Å²) < 4.78 is 26.0. The first-order chi connectivity index (χ1) is 15.5. The first-order valence-electron chi connectivity index (χ1n) is 10.4. The zero-order valence-corrected chi connectivity index (χ0v) is 21.5. The molecule has 0 spiro atoms. The maximum atomic E-state index is 13.1. The Balaban J connectivity index is 2.20. The Labute approximate surface area is 205 Å². The molecule has 1 N–H and O–H groups in total. The van der Waals surface area contributed by atoms with Crippen LogP contribution in [0.15, 0.2) is 42.5 Å². The average Bonchev–Trinajstić information content (AvgIpc) is 2.74. The first kappa shape index (κ1) is 27.0. The number of carbonyl (C=O) groups excluding carboxylic acids is 2. The van der Waals surface area contributed by atoms with Crippen LogP contribution in [-0.2, 0) is 26.2 Å². The molecule has 0 heterocycles. The highest BCUT2D eigenvalue weighted by atomic mass is 35.5. The highest BCUT2D eigenvalue weighted by molar-refractivity contribution is 7.92. The van der Waals surface area contributed by atoms with E-state index in [1.54, 1.807) is 43.3 Å². The van der Waals surface area contributed by atoms with Crippen LogP contribution in [0.3, 0.4) is 0 Å². The predicted molar refractivity (Wildman–Crippen MR) is 133 cm³/mol. The van der Waals surface area contributed by atoms with Crippen LogP contribution in [0, 0.1) is 6.92 Å². The molecule has 2 rings (SSSR count). The first-order valence-corrected chi connectivity index (χ1v) is 13.0. The van der Waals surface area contributed by atoms with Gasteiger partial charge < -0.3 is 10.2 Å². The standard InChI is InChI=1S/C23H29Cl2N3O4S/c1-16-8-5-9-18(14-16)28(33(4,31)32)13-7-12-22(29)27(17(2)23(30)26-3)15-19-20(24)10-6-11-21(19)25/h5-6,8-11,14,17H,7,12-13,15H2,1-4H3,(H,26,30)/t17-/m1/s1. The molecule has 2 amide bonds. The summed E-state index contributed by atoms with van der Waals surface area (Å²) in [6.45, 7) is 3.69. The van der Waals surface area contributed by atoms with Crippen LogP contribution in [-0.4, -0.2) is 51.0 Å². The molecule has 10 heteroatoms. The Morgan fingerprint density at radius 1 is 1.09 bits per heavy atom. The summed E-state index contributed by atoms with van der Waals surface area (Å²) in [4.78, 5) is 26.8. The lowest BCUT2D eigenvalue weighted by Crippen LogP contribution is -2.47. The van der Waals surface area contributed by atoms with E-state index in [0.29, 0.717) is 21.3 Å². The molecule has 7 nitrogen and oxygen atoms in total. The Hall–Kier alpha value is -2.29. The Bertz CT molecular complexity index is 1090. The van der Waals surface area contributed by atoms with Gasteiger partial charge in [0.2, 0.25) is 21.8 Å². The summed E-state index contributed by atoms with van der Waals surface area (Å²) in [5.74, 6) is -0.635. The molecule has 0 saturated heterocycles. The predicted octanol–water partition coefficient (Wildman–Crippen LogP) is 4.01. The number of nitrogens with zero attached hydrogens (tertiary/aromatic N) is 2. The van der Waals surface area contributed by atoms with Crippen molar-refractivity contribution in [2.24, 2.45) is 0 Å². The van der Waals surface area contributed by atoms with E-state index >= 15 is 0 Å². The summed E-state index contributed by atoms with van der Waals surface area (Å²) in [6.07, 6.45) is 1.45. The lowest BCUT2D eigenvalue weighted by molar-refractivity contribution is -0.140. The molecule has 1 atom stereocenters. The number of aryl methyl sites for hydroxylation is 1. The molecule has 0 aliphatic rings. The summed E-state index contributed by atoms with van der Waals surface area (Å²) in [5, 5.41) is 3.34. The number of hydrogen-bond donors (Lipinski definition) is 1. The van der Waals surface area contributed by atoms with E-state index < -0.39 is 16.1 Å². The van der Waals surface area contributed by atoms with Crippen molar-refractivity contribution in [3.05, 3.63) is 63.6 Å². The van der Waals surface area contributed by atoms with Gasteiger partial charge in [-0.2, -0.15) is 0 Å². The van der Waals surface area contributed by atoms with Crippen LogP contribution in [0.25, 0.3) is 0 Å². The zero-order valence-electron chi connectivity index (χ0n) is 19.1. The number of anilines is 1. The van der Waals surface area contributed by atoms with E-state index in [1.165, 1.54) is 16.3 Å². The van der Waals surface area contributed by atoms with Gasteiger partial charge >= 0.3 is 0 Å². The smallest absolute Gasteiger partial charge is 0.242 e. The van der Waals surface area contributed by atoms with E-state index in [-0.39, 0.29) is 37.7 Å². The third kappa shape index (κ3) is 7.35. The van der Waals surface area contributed by atoms with Crippen LogP contribution < -0.4 is 9.62 Å². The molecule has 0 fully saturated rings. The molecule has 0 saturated carbocycles. The fourth-order valence-electron chi connectivity index (χ4n) is 3.43. The zero-order chi connectivity index (χ0) is 24.8. The molecule has 0 radical (unpaired) electrons. The lowest BCUT2D eigenvalue weighted by Gasteiger charge is -2.29. The van der Waals surface area contributed by atoms with Gasteiger partial charge in [-0.1, -0.05) is 41.4 Å². The molecule has 2 aromatic rings. The number of benzene rings is 2. The Morgan fingerprint density at radius 2 is 1.70 bits per heavy atom. The minimum absolute atomic E-state index is 0.0429. The minimum atomic E-state index is -3.54. The van der Waals surface area contributed by atoms with E-state index in [2.05, 4.69) is 5.32 Å². The van der Waals surface area contributed by atoms with Gasteiger partial charge in [-0.25, -0.2) is 8.42 Å². The van der Waals surface area contributed by atoms with Gasteiger partial charge in [0.25, 0.3) is 0 Å². The van der Waals surface area contributed by atoms with Gasteiger partial charge in [0.15, 0.2) is 0 Å². The molecular formula is C23H29Cl2N3O4S. The summed E-state index contributed by atoms with van der Waals surface area (Å²) in [6, 6.07) is 11.4. The normalized spacial score (nSPS) is 12.2. The van der Waals surface area contributed by atoms with E-state index in [1.807, 2.05) is 13.0 Å². The molecule has 0 aromatic heterocycles. The van der Waals surface area contributed by atoms with Crippen LogP contribution in [0.4, 0.5) is 5.69 Å². The number of halogens is 2. The molecule has 0 aliphatic heterocycles. The fourth-order valence-corrected chi connectivity index (χ4v) is 4.91. The van der Waals surface area contributed by atoms with Crippen molar-refractivity contribution >= 4 is 50.7 Å². The van der Waals surface area contributed by atoms with Crippen molar-refractivity contribution in [3.8, 4) is 0 Å². The number of amides is 2. The van der Waals surface area contributed by atoms with Crippen LogP contribution in [0.2, 0.25) is 10.0 Å². The lowest BCUT2D eigenvalue weighted by atomic mass is 10.1. The highest BCUT2D eigenvalue weighted by Crippen LogP contribution is 2.27. The molecule has 180 valence electrons. The monoisotopic (exact) mass is 513 g/mol. The SMILES string of the molecule is CNC(=O)[C@@H](C)N(Cc1c(Cl)cccc1Cl)C(=O)CCCN(c1cccc(C)c1)S(C)(=O)=O. The van der Waals surface area contributed by atoms with Crippen LogP contribution >= 0.6 is 23.2 Å². The number of nitrogens with one attached hydrogen (secondary N) is 1. The largest absolute Gasteiger partial charge is 0.357 e. The number of sulfonamides is 1. The second kappa shape index (κ2) is 11.7. The third-order valence-electron chi connectivity index (χ3n) is 5.25. The van der Waals surface area contributed by atoms with E-state index in [4.69, 9.17) is 23.2 Å². The third-order valence-corrected chi connectivity index (χ3v) is 7.15. The van der Waals surface area contributed by atoms with Crippen molar-refractivity contribution < 1.29 is 18.0 Å². The Morgan fingerprint density at radius 3 is 2.24 bits per heavy atom.